The number of unbranched alkanes of at least 4 members (excludes halogenated alkanes) is 45. The number of phosphoric acid groups is 2. The highest BCUT2D eigenvalue weighted by molar-refractivity contribution is 7.47. The molecule has 0 fully saturated rings. The van der Waals surface area contributed by atoms with Crippen LogP contribution in [-0.4, -0.2) is 96.7 Å². The highest BCUT2D eigenvalue weighted by atomic mass is 31.2. The quantitative estimate of drug-likeness (QED) is 0.0222. The summed E-state index contributed by atoms with van der Waals surface area (Å²) in [6.07, 6.45) is 54.2. The maximum atomic E-state index is 13.1. The Labute approximate surface area is 562 Å². The van der Waals surface area contributed by atoms with Gasteiger partial charge in [0.05, 0.1) is 26.4 Å². The third-order valence-electron chi connectivity index (χ3n) is 17.0. The Bertz CT molecular complexity index is 1770. The normalized spacial score (nSPS) is 14.0. The van der Waals surface area contributed by atoms with E-state index in [4.69, 9.17) is 37.0 Å². The Kier molecular flexibility index (Phi) is 64.9. The van der Waals surface area contributed by atoms with Gasteiger partial charge in [0.1, 0.15) is 19.3 Å². The van der Waals surface area contributed by atoms with Crippen LogP contribution in [0.5, 0.6) is 0 Å². The zero-order valence-electron chi connectivity index (χ0n) is 59.7. The van der Waals surface area contributed by atoms with Crippen LogP contribution in [0.1, 0.15) is 381 Å². The first-order valence-electron chi connectivity index (χ1n) is 38.1. The third kappa shape index (κ3) is 66.7. The molecule has 92 heavy (non-hydrogen) atoms. The number of aliphatic hydroxyl groups excluding tert-OH is 1. The molecule has 0 heterocycles. The zero-order chi connectivity index (χ0) is 67.7. The Morgan fingerprint density at radius 3 is 0.739 bits per heavy atom. The number of ether oxygens (including phenoxy) is 4. The van der Waals surface area contributed by atoms with E-state index in [9.17, 15) is 43.2 Å². The molecule has 0 saturated carbocycles. The summed E-state index contributed by atoms with van der Waals surface area (Å²) >= 11 is 0. The molecule has 0 aromatic carbocycles. The summed E-state index contributed by atoms with van der Waals surface area (Å²) in [4.78, 5) is 72.5. The maximum absolute atomic E-state index is 13.1. The summed E-state index contributed by atoms with van der Waals surface area (Å²) < 4.78 is 68.3. The third-order valence-corrected chi connectivity index (χ3v) is 18.9. The number of phosphoric ester groups is 2. The van der Waals surface area contributed by atoms with Crippen molar-refractivity contribution < 1.29 is 80.2 Å². The summed E-state index contributed by atoms with van der Waals surface area (Å²) in [5.74, 6) is -1.33. The summed E-state index contributed by atoms with van der Waals surface area (Å²) in [5, 5.41) is 10.6. The molecule has 0 aliphatic rings. The van der Waals surface area contributed by atoms with E-state index in [0.29, 0.717) is 25.7 Å². The molecule has 0 aliphatic heterocycles. The fourth-order valence-electron chi connectivity index (χ4n) is 11.2. The van der Waals surface area contributed by atoms with E-state index in [0.717, 1.165) is 109 Å². The minimum atomic E-state index is -4.95. The number of esters is 4. The Hall–Kier alpha value is -1.94. The van der Waals surface area contributed by atoms with Gasteiger partial charge in [0.25, 0.3) is 0 Å². The number of hydrogen-bond acceptors (Lipinski definition) is 15. The van der Waals surface area contributed by atoms with Crippen molar-refractivity contribution in [2.24, 2.45) is 5.92 Å². The molecule has 2 unspecified atom stereocenters. The minimum absolute atomic E-state index is 0.107. The topological polar surface area (TPSA) is 237 Å². The first-order valence-corrected chi connectivity index (χ1v) is 41.1. The molecular weight excluding hydrogens is 1210 g/mol. The second-order valence-corrected chi connectivity index (χ2v) is 29.7. The van der Waals surface area contributed by atoms with E-state index in [1.54, 1.807) is 0 Å². The SMILES string of the molecule is CCCCCCCCCCCCCCCCCCCCC(=O)O[C@H](COC(=O)CCCCCCCCCCCCCCCC(C)C)COP(=O)(O)OC[C@@H](O)COP(=O)(O)OC[C@@H](COC(=O)CCCCCCCCC)OC(=O)CCCCCCCCCCCCC. The molecule has 19 heteroatoms. The maximum Gasteiger partial charge on any atom is 0.472 e. The standard InChI is InChI=1S/C73H142O17P2/c1-6-9-12-15-18-20-22-23-24-25-26-27-30-35-39-44-49-54-59-73(78)90-69(63-84-71(76)57-52-47-42-37-34-31-28-29-33-36-41-45-50-55-66(4)5)65-88-92(81,82)86-61-67(74)60-85-91(79,80)87-64-68(62-83-70(75)56-51-46-40-17-14-11-8-3)89-72(77)58-53-48-43-38-32-21-19-16-13-10-7-2/h66-69,74H,6-65H2,1-5H3,(H,79,80)(H,81,82)/t67-,68+,69+/m0/s1. The molecular formula is C73H142O17P2. The first kappa shape index (κ1) is 90.1. The molecule has 17 nitrogen and oxygen atoms in total. The number of carbonyl (C=O) groups is 4. The van der Waals surface area contributed by atoms with E-state index < -0.39 is 97.5 Å². The van der Waals surface area contributed by atoms with Crippen molar-refractivity contribution in [2.45, 2.75) is 400 Å². The number of aliphatic hydroxyl groups is 1. The highest BCUT2D eigenvalue weighted by Crippen LogP contribution is 2.45. The molecule has 5 atom stereocenters. The van der Waals surface area contributed by atoms with Gasteiger partial charge >= 0.3 is 39.5 Å². The molecule has 0 amide bonds. The molecule has 0 saturated heterocycles. The molecule has 546 valence electrons. The average molecular weight is 1350 g/mol. The van der Waals surface area contributed by atoms with Crippen LogP contribution in [0.3, 0.4) is 0 Å². The smallest absolute Gasteiger partial charge is 0.462 e. The molecule has 0 spiro atoms. The number of hydrogen-bond donors (Lipinski definition) is 3. The summed E-state index contributed by atoms with van der Waals surface area (Å²) in [6, 6.07) is 0. The van der Waals surface area contributed by atoms with Gasteiger partial charge in [-0.2, -0.15) is 0 Å². The largest absolute Gasteiger partial charge is 0.472 e. The van der Waals surface area contributed by atoms with E-state index in [1.165, 1.54) is 193 Å². The minimum Gasteiger partial charge on any atom is -0.462 e. The van der Waals surface area contributed by atoms with Crippen LogP contribution in [-0.2, 0) is 65.4 Å². The van der Waals surface area contributed by atoms with E-state index in [-0.39, 0.29) is 25.7 Å². The summed E-state index contributed by atoms with van der Waals surface area (Å²) in [6.45, 7) is 7.25. The molecule has 0 rings (SSSR count). The molecule has 0 radical (unpaired) electrons. The van der Waals surface area contributed by atoms with Crippen LogP contribution >= 0.6 is 15.6 Å². The van der Waals surface area contributed by atoms with Gasteiger partial charge in [-0.3, -0.25) is 37.3 Å². The van der Waals surface area contributed by atoms with Crippen LogP contribution in [0.4, 0.5) is 0 Å². The number of rotatable bonds is 73. The highest BCUT2D eigenvalue weighted by Gasteiger charge is 2.30. The summed E-state index contributed by atoms with van der Waals surface area (Å²) in [7, 11) is -9.90. The molecule has 3 N–H and O–H groups in total. The predicted molar refractivity (Wildman–Crippen MR) is 372 cm³/mol. The average Bonchev–Trinajstić information content (AvgIpc) is 3.54. The van der Waals surface area contributed by atoms with Crippen LogP contribution in [0.25, 0.3) is 0 Å². The van der Waals surface area contributed by atoms with Crippen LogP contribution in [0.15, 0.2) is 0 Å². The van der Waals surface area contributed by atoms with Crippen LogP contribution in [0.2, 0.25) is 0 Å². The van der Waals surface area contributed by atoms with Gasteiger partial charge in [0.2, 0.25) is 0 Å². The fraction of sp³-hybridized carbons (Fsp3) is 0.945. The van der Waals surface area contributed by atoms with Gasteiger partial charge in [0.15, 0.2) is 12.2 Å². The lowest BCUT2D eigenvalue weighted by atomic mass is 10.0. The zero-order valence-corrected chi connectivity index (χ0v) is 61.5. The van der Waals surface area contributed by atoms with Gasteiger partial charge in [0, 0.05) is 25.7 Å². The van der Waals surface area contributed by atoms with E-state index >= 15 is 0 Å². The lowest BCUT2D eigenvalue weighted by Crippen LogP contribution is -2.30. The predicted octanol–water partition coefficient (Wildman–Crippen LogP) is 21.3. The van der Waals surface area contributed by atoms with E-state index in [1.807, 2.05) is 0 Å². The van der Waals surface area contributed by atoms with Gasteiger partial charge in [-0.05, 0) is 31.6 Å². The molecule has 0 aliphatic carbocycles. The van der Waals surface area contributed by atoms with Crippen molar-refractivity contribution in [3.8, 4) is 0 Å². The number of carbonyl (C=O) groups excluding carboxylic acids is 4. The monoisotopic (exact) mass is 1350 g/mol. The van der Waals surface area contributed by atoms with Gasteiger partial charge < -0.3 is 33.8 Å². The fourth-order valence-corrected chi connectivity index (χ4v) is 12.8. The second-order valence-electron chi connectivity index (χ2n) is 26.8. The Morgan fingerprint density at radius 2 is 0.500 bits per heavy atom. The van der Waals surface area contributed by atoms with Crippen molar-refractivity contribution >= 4 is 39.5 Å². The molecule has 0 aromatic rings. The first-order chi connectivity index (χ1) is 44.5. The van der Waals surface area contributed by atoms with Gasteiger partial charge in [-0.25, -0.2) is 9.13 Å². The van der Waals surface area contributed by atoms with Crippen molar-refractivity contribution in [2.75, 3.05) is 39.6 Å². The van der Waals surface area contributed by atoms with Crippen LogP contribution < -0.4 is 0 Å². The van der Waals surface area contributed by atoms with Crippen molar-refractivity contribution in [3.05, 3.63) is 0 Å². The Balaban J connectivity index is 5.19. The Morgan fingerprint density at radius 1 is 0.293 bits per heavy atom. The van der Waals surface area contributed by atoms with Crippen molar-refractivity contribution in [3.63, 3.8) is 0 Å². The second kappa shape index (κ2) is 66.3. The van der Waals surface area contributed by atoms with Crippen LogP contribution in [0, 0.1) is 5.92 Å². The van der Waals surface area contributed by atoms with Crippen molar-refractivity contribution in [1.29, 1.82) is 0 Å². The molecule has 0 aromatic heterocycles. The van der Waals surface area contributed by atoms with E-state index in [2.05, 4.69) is 34.6 Å². The van der Waals surface area contributed by atoms with Gasteiger partial charge in [-0.1, -0.05) is 330 Å². The lowest BCUT2D eigenvalue weighted by molar-refractivity contribution is -0.161. The van der Waals surface area contributed by atoms with Gasteiger partial charge in [-0.15, -0.1) is 0 Å². The molecule has 0 bridgehead atoms. The van der Waals surface area contributed by atoms with Crippen molar-refractivity contribution in [1.82, 2.24) is 0 Å². The lowest BCUT2D eigenvalue weighted by Gasteiger charge is -2.21. The summed E-state index contributed by atoms with van der Waals surface area (Å²) in [5.41, 5.74) is 0.